The lowest BCUT2D eigenvalue weighted by molar-refractivity contribution is -0.133. The van der Waals surface area contributed by atoms with E-state index in [1.54, 1.807) is 34.4 Å². The van der Waals surface area contributed by atoms with E-state index in [2.05, 4.69) is 14.8 Å². The van der Waals surface area contributed by atoms with Crippen LogP contribution in [0.2, 0.25) is 5.02 Å². The zero-order chi connectivity index (χ0) is 21.8. The molecule has 8 nitrogen and oxygen atoms in total. The van der Waals surface area contributed by atoms with Crippen LogP contribution in [0.4, 0.5) is 5.13 Å². The van der Waals surface area contributed by atoms with Gasteiger partial charge in [-0.3, -0.25) is 9.69 Å². The third kappa shape index (κ3) is 5.20. The summed E-state index contributed by atoms with van der Waals surface area (Å²) in [6.07, 6.45) is 2.80. The van der Waals surface area contributed by atoms with Crippen molar-refractivity contribution in [3.05, 3.63) is 40.9 Å². The van der Waals surface area contributed by atoms with Crippen LogP contribution in [0.15, 0.2) is 40.7 Å². The van der Waals surface area contributed by atoms with Crippen LogP contribution in [0, 0.1) is 0 Å². The molecule has 2 aromatic rings. The second-order valence-electron chi connectivity index (χ2n) is 7.65. The zero-order valence-corrected chi connectivity index (χ0v) is 19.6. The molecule has 4 rings (SSSR count). The molecule has 1 aromatic carbocycles. The Balaban J connectivity index is 1.29. The highest BCUT2D eigenvalue weighted by molar-refractivity contribution is 7.89. The minimum absolute atomic E-state index is 0.0532. The standard InChI is InChI=1S/C20H26ClN5O3S2/c21-17-4-1-2-5-18(17)31(28,29)26-13-11-24(12-14-26)19(27)16-23-7-3-8-25(10-9-23)20-22-6-15-30-20/h1-2,4-6,15H,3,7-14,16H2. The number of thiazole rings is 1. The highest BCUT2D eigenvalue weighted by Crippen LogP contribution is 2.25. The normalized spacial score (nSPS) is 19.4. The number of nitrogens with zero attached hydrogens (tertiary/aromatic N) is 5. The Morgan fingerprint density at radius 3 is 2.52 bits per heavy atom. The van der Waals surface area contributed by atoms with Crippen LogP contribution in [0.1, 0.15) is 6.42 Å². The molecule has 0 atom stereocenters. The summed E-state index contributed by atoms with van der Waals surface area (Å²) in [5, 5.41) is 3.23. The first kappa shape index (κ1) is 22.5. The zero-order valence-electron chi connectivity index (χ0n) is 17.2. The number of piperazine rings is 1. The maximum Gasteiger partial charge on any atom is 0.244 e. The van der Waals surface area contributed by atoms with Gasteiger partial charge in [0, 0.05) is 63.9 Å². The molecule has 0 saturated carbocycles. The lowest BCUT2D eigenvalue weighted by atomic mass is 10.3. The summed E-state index contributed by atoms with van der Waals surface area (Å²) in [7, 11) is -3.66. The number of aromatic nitrogens is 1. The third-order valence-electron chi connectivity index (χ3n) is 5.68. The highest BCUT2D eigenvalue weighted by atomic mass is 35.5. The maximum absolute atomic E-state index is 12.9. The summed E-state index contributed by atoms with van der Waals surface area (Å²) in [5.41, 5.74) is 0. The van der Waals surface area contributed by atoms with E-state index >= 15 is 0 Å². The summed E-state index contributed by atoms with van der Waals surface area (Å²) in [6.45, 7) is 5.17. The molecule has 0 spiro atoms. The molecule has 2 aliphatic heterocycles. The molecular formula is C20H26ClN5O3S2. The fourth-order valence-corrected chi connectivity index (χ4v) is 6.57. The van der Waals surface area contributed by atoms with Crippen molar-refractivity contribution in [1.82, 2.24) is 19.1 Å². The van der Waals surface area contributed by atoms with E-state index in [9.17, 15) is 13.2 Å². The molecule has 1 amide bonds. The molecule has 2 aliphatic rings. The van der Waals surface area contributed by atoms with Crippen LogP contribution < -0.4 is 4.90 Å². The van der Waals surface area contributed by atoms with Gasteiger partial charge in [0.25, 0.3) is 0 Å². The number of hydrogen-bond donors (Lipinski definition) is 0. The average Bonchev–Trinajstić information content (AvgIpc) is 3.21. The Morgan fingerprint density at radius 2 is 1.81 bits per heavy atom. The number of anilines is 1. The van der Waals surface area contributed by atoms with E-state index in [-0.39, 0.29) is 28.9 Å². The third-order valence-corrected chi connectivity index (χ3v) is 8.91. The van der Waals surface area contributed by atoms with E-state index < -0.39 is 10.0 Å². The van der Waals surface area contributed by atoms with Crippen molar-refractivity contribution < 1.29 is 13.2 Å². The van der Waals surface area contributed by atoms with E-state index in [1.807, 2.05) is 11.6 Å². The van der Waals surface area contributed by atoms with Crippen LogP contribution in [0.3, 0.4) is 0 Å². The quantitative estimate of drug-likeness (QED) is 0.646. The molecule has 2 fully saturated rings. The largest absolute Gasteiger partial charge is 0.347 e. The van der Waals surface area contributed by atoms with Gasteiger partial charge in [0.1, 0.15) is 4.90 Å². The summed E-state index contributed by atoms with van der Waals surface area (Å²) in [5.74, 6) is 0.0532. The van der Waals surface area contributed by atoms with E-state index in [0.29, 0.717) is 19.6 Å². The lowest BCUT2D eigenvalue weighted by Crippen LogP contribution is -2.52. The summed E-state index contributed by atoms with van der Waals surface area (Å²) < 4.78 is 27.2. The smallest absolute Gasteiger partial charge is 0.244 e. The topological polar surface area (TPSA) is 77.1 Å². The Morgan fingerprint density at radius 1 is 1.03 bits per heavy atom. The molecule has 168 valence electrons. The average molecular weight is 484 g/mol. The molecule has 31 heavy (non-hydrogen) atoms. The summed E-state index contributed by atoms with van der Waals surface area (Å²) >= 11 is 7.73. The van der Waals surface area contributed by atoms with Gasteiger partial charge in [-0.2, -0.15) is 4.31 Å². The molecular weight excluding hydrogens is 458 g/mol. The molecule has 2 saturated heterocycles. The van der Waals surface area contributed by atoms with Crippen LogP contribution in [-0.2, 0) is 14.8 Å². The second kappa shape index (κ2) is 9.83. The Labute approximate surface area is 192 Å². The number of halogens is 1. The second-order valence-corrected chi connectivity index (χ2v) is 10.8. The molecule has 1 aromatic heterocycles. The van der Waals surface area contributed by atoms with E-state index in [4.69, 9.17) is 11.6 Å². The fraction of sp³-hybridized carbons (Fsp3) is 0.500. The number of rotatable bonds is 5. The molecule has 0 bridgehead atoms. The monoisotopic (exact) mass is 483 g/mol. The molecule has 0 radical (unpaired) electrons. The first-order valence-corrected chi connectivity index (χ1v) is 13.0. The number of benzene rings is 1. The molecule has 3 heterocycles. The first-order chi connectivity index (χ1) is 14.9. The van der Waals surface area contributed by atoms with Gasteiger partial charge in [0.15, 0.2) is 5.13 Å². The van der Waals surface area contributed by atoms with Crippen LogP contribution in [0.5, 0.6) is 0 Å². The van der Waals surface area contributed by atoms with Crippen molar-refractivity contribution in [2.45, 2.75) is 11.3 Å². The molecule has 0 N–H and O–H groups in total. The SMILES string of the molecule is O=C(CN1CCCN(c2nccs2)CC1)N1CCN(S(=O)(=O)c2ccccc2Cl)CC1. The van der Waals surface area contributed by atoms with Gasteiger partial charge in [0.05, 0.1) is 11.6 Å². The minimum atomic E-state index is -3.66. The van der Waals surface area contributed by atoms with Crippen LogP contribution >= 0.6 is 22.9 Å². The van der Waals surface area contributed by atoms with Gasteiger partial charge >= 0.3 is 0 Å². The van der Waals surface area contributed by atoms with Crippen molar-refractivity contribution in [2.24, 2.45) is 0 Å². The Bertz CT molecular complexity index is 994. The van der Waals surface area contributed by atoms with Gasteiger partial charge < -0.3 is 9.80 Å². The fourth-order valence-electron chi connectivity index (χ4n) is 3.95. The number of amides is 1. The van der Waals surface area contributed by atoms with E-state index in [1.165, 1.54) is 10.4 Å². The number of carbonyl (C=O) groups is 1. The van der Waals surface area contributed by atoms with Gasteiger partial charge in [0.2, 0.25) is 15.9 Å². The van der Waals surface area contributed by atoms with Gasteiger partial charge in [-0.25, -0.2) is 13.4 Å². The number of sulfonamides is 1. The van der Waals surface area contributed by atoms with Crippen molar-refractivity contribution >= 4 is 44.0 Å². The van der Waals surface area contributed by atoms with Crippen molar-refractivity contribution in [1.29, 1.82) is 0 Å². The van der Waals surface area contributed by atoms with Crippen molar-refractivity contribution in [3.63, 3.8) is 0 Å². The molecule has 0 unspecified atom stereocenters. The van der Waals surface area contributed by atoms with Crippen molar-refractivity contribution in [3.8, 4) is 0 Å². The summed E-state index contributed by atoms with van der Waals surface area (Å²) in [4.78, 5) is 23.6. The molecule has 11 heteroatoms. The Hall–Kier alpha value is -1.72. The lowest BCUT2D eigenvalue weighted by Gasteiger charge is -2.35. The maximum atomic E-state index is 12.9. The van der Waals surface area contributed by atoms with Gasteiger partial charge in [-0.15, -0.1) is 11.3 Å². The van der Waals surface area contributed by atoms with Crippen molar-refractivity contribution in [2.75, 3.05) is 63.8 Å². The Kier molecular flexibility index (Phi) is 7.12. The van der Waals surface area contributed by atoms with Crippen LogP contribution in [-0.4, -0.2) is 92.3 Å². The molecule has 0 aliphatic carbocycles. The number of hydrogen-bond acceptors (Lipinski definition) is 7. The first-order valence-electron chi connectivity index (χ1n) is 10.3. The van der Waals surface area contributed by atoms with Gasteiger partial charge in [-0.05, 0) is 18.6 Å². The minimum Gasteiger partial charge on any atom is -0.347 e. The van der Waals surface area contributed by atoms with Crippen LogP contribution in [0.25, 0.3) is 0 Å². The predicted octanol–water partition coefficient (Wildman–Crippen LogP) is 1.84. The summed E-state index contributed by atoms with van der Waals surface area (Å²) in [6, 6.07) is 6.46. The predicted molar refractivity (Wildman–Crippen MR) is 122 cm³/mol. The number of carbonyl (C=O) groups excluding carboxylic acids is 1. The van der Waals surface area contributed by atoms with Gasteiger partial charge in [-0.1, -0.05) is 23.7 Å². The van der Waals surface area contributed by atoms with E-state index in [0.717, 1.165) is 37.7 Å². The highest BCUT2D eigenvalue weighted by Gasteiger charge is 2.31.